The van der Waals surface area contributed by atoms with Crippen LogP contribution < -0.4 is 15.0 Å². The lowest BCUT2D eigenvalue weighted by Gasteiger charge is -2.30. The summed E-state index contributed by atoms with van der Waals surface area (Å²) in [5.41, 5.74) is 1.14. The molecule has 1 fully saturated rings. The second-order valence-corrected chi connectivity index (χ2v) is 8.15. The molecule has 3 rings (SSSR count). The van der Waals surface area contributed by atoms with Crippen molar-refractivity contribution in [1.29, 1.82) is 0 Å². The molecule has 1 aromatic heterocycles. The molecule has 0 radical (unpaired) electrons. The van der Waals surface area contributed by atoms with Gasteiger partial charge in [-0.3, -0.25) is 4.79 Å². The number of benzene rings is 1. The number of hydrogen-bond acceptors (Lipinski definition) is 6. The number of methoxy groups -OCH3 is 1. The lowest BCUT2D eigenvalue weighted by molar-refractivity contribution is -0.125. The summed E-state index contributed by atoms with van der Waals surface area (Å²) < 4.78 is 9.79. The quantitative estimate of drug-likeness (QED) is 0.789. The van der Waals surface area contributed by atoms with Crippen LogP contribution in [0.2, 0.25) is 0 Å². The van der Waals surface area contributed by atoms with Crippen molar-refractivity contribution in [1.82, 2.24) is 14.7 Å². The zero-order valence-electron chi connectivity index (χ0n) is 16.3. The van der Waals surface area contributed by atoms with Crippen LogP contribution in [0.15, 0.2) is 24.3 Å². The molecule has 0 aliphatic carbocycles. The molecule has 0 bridgehead atoms. The van der Waals surface area contributed by atoms with Gasteiger partial charge in [-0.2, -0.15) is 4.37 Å². The molecule has 1 saturated heterocycles. The van der Waals surface area contributed by atoms with Gasteiger partial charge in [-0.1, -0.05) is 26.0 Å². The lowest BCUT2D eigenvalue weighted by Crippen LogP contribution is -2.41. The highest BCUT2D eigenvalue weighted by Crippen LogP contribution is 2.26. The van der Waals surface area contributed by atoms with Gasteiger partial charge in [-0.15, -0.1) is 0 Å². The largest absolute Gasteiger partial charge is 0.497 e. The summed E-state index contributed by atoms with van der Waals surface area (Å²) in [4.78, 5) is 19.2. The van der Waals surface area contributed by atoms with E-state index in [0.29, 0.717) is 12.3 Å². The van der Waals surface area contributed by atoms with Crippen molar-refractivity contribution < 1.29 is 9.53 Å². The van der Waals surface area contributed by atoms with Crippen molar-refractivity contribution in [3.63, 3.8) is 0 Å². The number of nitrogens with one attached hydrogen (secondary N) is 1. The van der Waals surface area contributed by atoms with Gasteiger partial charge in [-0.25, -0.2) is 4.98 Å². The first-order valence-corrected chi connectivity index (χ1v) is 10.3. The number of amides is 1. The Morgan fingerprint density at radius 1 is 1.37 bits per heavy atom. The zero-order valence-corrected chi connectivity index (χ0v) is 17.1. The minimum absolute atomic E-state index is 0.115. The SMILES string of the molecule is COc1cccc(Cc2nsc(N3CCC(C(=O)NCC(C)C)CC3)n2)c1. The van der Waals surface area contributed by atoms with Crippen molar-refractivity contribution in [2.75, 3.05) is 31.6 Å². The summed E-state index contributed by atoms with van der Waals surface area (Å²) >= 11 is 1.44. The molecule has 1 N–H and O–H groups in total. The van der Waals surface area contributed by atoms with E-state index in [0.717, 1.165) is 54.7 Å². The number of piperidine rings is 1. The summed E-state index contributed by atoms with van der Waals surface area (Å²) in [5, 5.41) is 4.01. The molecule has 0 atom stereocenters. The molecule has 7 heteroatoms. The van der Waals surface area contributed by atoms with Crippen molar-refractivity contribution in [3.05, 3.63) is 35.7 Å². The number of nitrogens with zero attached hydrogens (tertiary/aromatic N) is 3. The fraction of sp³-hybridized carbons (Fsp3) is 0.550. The molecule has 1 aliphatic rings. The predicted molar refractivity (Wildman–Crippen MR) is 108 cm³/mol. The van der Waals surface area contributed by atoms with E-state index in [4.69, 9.17) is 9.72 Å². The number of anilines is 1. The molecular weight excluding hydrogens is 360 g/mol. The van der Waals surface area contributed by atoms with Gasteiger partial charge in [0.1, 0.15) is 11.6 Å². The summed E-state index contributed by atoms with van der Waals surface area (Å²) in [7, 11) is 1.67. The molecule has 1 amide bonds. The van der Waals surface area contributed by atoms with E-state index in [2.05, 4.69) is 34.5 Å². The number of ether oxygens (including phenoxy) is 1. The van der Waals surface area contributed by atoms with Gasteiger partial charge in [0.2, 0.25) is 11.0 Å². The molecule has 2 heterocycles. The normalized spacial score (nSPS) is 15.2. The molecular formula is C20H28N4O2S. The Bertz CT molecular complexity index is 754. The third-order valence-electron chi connectivity index (χ3n) is 4.77. The van der Waals surface area contributed by atoms with Gasteiger partial charge in [0, 0.05) is 43.5 Å². The average molecular weight is 389 g/mol. The Hall–Kier alpha value is -2.15. The Kier molecular flexibility index (Phi) is 6.66. The second kappa shape index (κ2) is 9.17. The van der Waals surface area contributed by atoms with Gasteiger partial charge < -0.3 is 15.0 Å². The number of hydrogen-bond donors (Lipinski definition) is 1. The van der Waals surface area contributed by atoms with Crippen LogP contribution in [0, 0.1) is 11.8 Å². The van der Waals surface area contributed by atoms with Crippen molar-refractivity contribution >= 4 is 22.6 Å². The van der Waals surface area contributed by atoms with E-state index in [9.17, 15) is 4.79 Å². The van der Waals surface area contributed by atoms with Gasteiger partial charge >= 0.3 is 0 Å². The summed E-state index contributed by atoms with van der Waals surface area (Å²) in [6.07, 6.45) is 2.44. The highest BCUT2D eigenvalue weighted by molar-refractivity contribution is 7.09. The average Bonchev–Trinajstić information content (AvgIpc) is 3.14. The fourth-order valence-electron chi connectivity index (χ4n) is 3.19. The number of carbonyl (C=O) groups is 1. The van der Waals surface area contributed by atoms with E-state index in [1.165, 1.54) is 11.5 Å². The number of carbonyl (C=O) groups excluding carboxylic acids is 1. The van der Waals surface area contributed by atoms with Crippen LogP contribution in [0.3, 0.4) is 0 Å². The Morgan fingerprint density at radius 3 is 2.85 bits per heavy atom. The number of rotatable bonds is 7. The predicted octanol–water partition coefficient (Wildman–Crippen LogP) is 3.13. The van der Waals surface area contributed by atoms with Crippen LogP contribution in [0.4, 0.5) is 5.13 Å². The molecule has 0 saturated carbocycles. The van der Waals surface area contributed by atoms with Crippen LogP contribution in [-0.4, -0.2) is 42.0 Å². The molecule has 0 spiro atoms. The van der Waals surface area contributed by atoms with Gasteiger partial charge in [0.05, 0.1) is 7.11 Å². The Morgan fingerprint density at radius 2 is 2.15 bits per heavy atom. The van der Waals surface area contributed by atoms with Crippen molar-refractivity contribution in [2.24, 2.45) is 11.8 Å². The van der Waals surface area contributed by atoms with Crippen LogP contribution in [0.25, 0.3) is 0 Å². The molecule has 1 aromatic carbocycles. The minimum Gasteiger partial charge on any atom is -0.497 e. The Balaban J connectivity index is 1.52. The summed E-state index contributed by atoms with van der Waals surface area (Å²) in [5.74, 6) is 2.47. The second-order valence-electron chi connectivity index (χ2n) is 7.42. The van der Waals surface area contributed by atoms with E-state index in [1.54, 1.807) is 7.11 Å². The third kappa shape index (κ3) is 5.42. The monoisotopic (exact) mass is 388 g/mol. The van der Waals surface area contributed by atoms with E-state index in [-0.39, 0.29) is 11.8 Å². The molecule has 6 nitrogen and oxygen atoms in total. The topological polar surface area (TPSA) is 67.3 Å². The summed E-state index contributed by atoms with van der Waals surface area (Å²) in [6, 6.07) is 7.99. The van der Waals surface area contributed by atoms with Crippen LogP contribution in [0.5, 0.6) is 5.75 Å². The third-order valence-corrected chi connectivity index (χ3v) is 5.59. The van der Waals surface area contributed by atoms with Gasteiger partial charge in [-0.05, 0) is 36.5 Å². The van der Waals surface area contributed by atoms with Crippen LogP contribution in [-0.2, 0) is 11.2 Å². The molecule has 2 aromatic rings. The van der Waals surface area contributed by atoms with E-state index < -0.39 is 0 Å². The minimum atomic E-state index is 0.115. The fourth-order valence-corrected chi connectivity index (χ4v) is 3.93. The maximum Gasteiger partial charge on any atom is 0.223 e. The van der Waals surface area contributed by atoms with Gasteiger partial charge in [0.25, 0.3) is 0 Å². The van der Waals surface area contributed by atoms with Crippen LogP contribution >= 0.6 is 11.5 Å². The highest BCUT2D eigenvalue weighted by atomic mass is 32.1. The summed E-state index contributed by atoms with van der Waals surface area (Å²) in [6.45, 7) is 6.69. The smallest absolute Gasteiger partial charge is 0.223 e. The first-order chi connectivity index (χ1) is 13.0. The van der Waals surface area contributed by atoms with Crippen molar-refractivity contribution in [2.45, 2.75) is 33.1 Å². The first kappa shape index (κ1) is 19.6. The maximum atomic E-state index is 12.2. The molecule has 27 heavy (non-hydrogen) atoms. The van der Waals surface area contributed by atoms with Crippen LogP contribution in [0.1, 0.15) is 38.1 Å². The molecule has 146 valence electrons. The number of aromatic nitrogens is 2. The maximum absolute atomic E-state index is 12.2. The van der Waals surface area contributed by atoms with E-state index >= 15 is 0 Å². The standard InChI is InChI=1S/C20H28N4O2S/c1-14(2)13-21-19(25)16-7-9-24(10-8-16)20-22-18(23-27-20)12-15-5-4-6-17(11-15)26-3/h4-6,11,14,16H,7-10,12-13H2,1-3H3,(H,21,25). The first-order valence-electron chi connectivity index (χ1n) is 9.53. The highest BCUT2D eigenvalue weighted by Gasteiger charge is 2.26. The molecule has 0 unspecified atom stereocenters. The van der Waals surface area contributed by atoms with Gasteiger partial charge in [0.15, 0.2) is 0 Å². The zero-order chi connectivity index (χ0) is 19.2. The van der Waals surface area contributed by atoms with Crippen molar-refractivity contribution in [3.8, 4) is 5.75 Å². The molecule has 1 aliphatic heterocycles. The lowest BCUT2D eigenvalue weighted by atomic mass is 9.96. The Labute approximate surface area is 165 Å². The van der Waals surface area contributed by atoms with E-state index in [1.807, 2.05) is 18.2 Å².